The Morgan fingerprint density at radius 1 is 1.05 bits per heavy atom. The molecular formula is C18H21ClN2O. The minimum absolute atomic E-state index is 0. The summed E-state index contributed by atoms with van der Waals surface area (Å²) in [4.78, 5) is 14.6. The van der Waals surface area contributed by atoms with Gasteiger partial charge in [0.2, 0.25) is 5.91 Å². The highest BCUT2D eigenvalue weighted by Gasteiger charge is 2.46. The highest BCUT2D eigenvalue weighted by molar-refractivity contribution is 5.89. The van der Waals surface area contributed by atoms with Gasteiger partial charge in [0, 0.05) is 32.1 Å². The van der Waals surface area contributed by atoms with E-state index in [1.165, 1.54) is 16.3 Å². The second-order valence-corrected chi connectivity index (χ2v) is 6.09. The van der Waals surface area contributed by atoms with Gasteiger partial charge in [-0.15, -0.1) is 12.4 Å². The van der Waals surface area contributed by atoms with Crippen LogP contribution in [0.5, 0.6) is 0 Å². The van der Waals surface area contributed by atoms with Crippen LogP contribution in [0.2, 0.25) is 0 Å². The van der Waals surface area contributed by atoms with E-state index in [4.69, 9.17) is 0 Å². The van der Waals surface area contributed by atoms with Crippen LogP contribution in [0.1, 0.15) is 17.9 Å². The lowest BCUT2D eigenvalue weighted by molar-refractivity contribution is -0.133. The average molecular weight is 317 g/mol. The molecule has 0 bridgehead atoms. The van der Waals surface area contributed by atoms with E-state index in [9.17, 15) is 4.79 Å². The number of carbonyl (C=O) groups excluding carboxylic acids is 1. The van der Waals surface area contributed by atoms with Gasteiger partial charge in [-0.3, -0.25) is 4.79 Å². The molecule has 22 heavy (non-hydrogen) atoms. The normalized spacial score (nSPS) is 23.9. The van der Waals surface area contributed by atoms with Crippen molar-refractivity contribution in [3.63, 3.8) is 0 Å². The zero-order valence-electron chi connectivity index (χ0n) is 12.5. The van der Waals surface area contributed by atoms with Gasteiger partial charge in [-0.25, -0.2) is 0 Å². The summed E-state index contributed by atoms with van der Waals surface area (Å²) in [6, 6.07) is 14.9. The number of piperazine rings is 1. The van der Waals surface area contributed by atoms with Crippen LogP contribution < -0.4 is 5.32 Å². The second kappa shape index (κ2) is 6.27. The number of halogens is 1. The predicted octanol–water partition coefficient (Wildman–Crippen LogP) is 2.80. The van der Waals surface area contributed by atoms with E-state index in [0.717, 1.165) is 32.6 Å². The molecule has 2 atom stereocenters. The Morgan fingerprint density at radius 2 is 1.77 bits per heavy atom. The molecule has 1 aliphatic heterocycles. The van der Waals surface area contributed by atoms with Crippen LogP contribution in [-0.2, 0) is 4.79 Å². The summed E-state index contributed by atoms with van der Waals surface area (Å²) in [5.74, 6) is 0.974. The van der Waals surface area contributed by atoms with Gasteiger partial charge in [0.05, 0.1) is 0 Å². The number of hydrogen-bond donors (Lipinski definition) is 1. The van der Waals surface area contributed by atoms with Crippen LogP contribution in [0, 0.1) is 5.92 Å². The molecule has 0 radical (unpaired) electrons. The van der Waals surface area contributed by atoms with E-state index in [1.54, 1.807) is 0 Å². The van der Waals surface area contributed by atoms with Crippen molar-refractivity contribution in [2.45, 2.75) is 12.3 Å². The lowest BCUT2D eigenvalue weighted by Crippen LogP contribution is -2.47. The number of rotatable bonds is 2. The smallest absolute Gasteiger partial charge is 0.226 e. The van der Waals surface area contributed by atoms with E-state index in [2.05, 4.69) is 47.8 Å². The molecule has 2 unspecified atom stereocenters. The molecule has 1 aliphatic carbocycles. The van der Waals surface area contributed by atoms with Crippen LogP contribution in [0.4, 0.5) is 0 Å². The maximum atomic E-state index is 12.6. The minimum atomic E-state index is 0. The van der Waals surface area contributed by atoms with Gasteiger partial charge in [-0.05, 0) is 28.7 Å². The third kappa shape index (κ3) is 2.71. The maximum Gasteiger partial charge on any atom is 0.226 e. The van der Waals surface area contributed by atoms with Crippen molar-refractivity contribution in [2.24, 2.45) is 5.92 Å². The number of carbonyl (C=O) groups is 1. The zero-order chi connectivity index (χ0) is 14.2. The zero-order valence-corrected chi connectivity index (χ0v) is 13.3. The molecule has 1 amide bonds. The maximum absolute atomic E-state index is 12.6. The number of amides is 1. The van der Waals surface area contributed by atoms with Crippen molar-refractivity contribution >= 4 is 29.1 Å². The van der Waals surface area contributed by atoms with Gasteiger partial charge in [0.1, 0.15) is 0 Å². The van der Waals surface area contributed by atoms with Gasteiger partial charge < -0.3 is 10.2 Å². The van der Waals surface area contributed by atoms with E-state index >= 15 is 0 Å². The number of benzene rings is 2. The molecule has 1 saturated carbocycles. The van der Waals surface area contributed by atoms with Crippen molar-refractivity contribution in [1.29, 1.82) is 0 Å². The molecule has 0 spiro atoms. The summed E-state index contributed by atoms with van der Waals surface area (Å²) >= 11 is 0. The lowest BCUT2D eigenvalue weighted by Gasteiger charge is -2.27. The number of nitrogens with one attached hydrogen (secondary N) is 1. The van der Waals surface area contributed by atoms with Gasteiger partial charge in [-0.1, -0.05) is 42.5 Å². The first-order valence-electron chi connectivity index (χ1n) is 7.82. The molecule has 4 rings (SSSR count). The fourth-order valence-corrected chi connectivity index (χ4v) is 3.51. The Hall–Kier alpha value is -1.58. The molecule has 4 heteroatoms. The van der Waals surface area contributed by atoms with Crippen LogP contribution in [0.25, 0.3) is 10.8 Å². The van der Waals surface area contributed by atoms with Crippen LogP contribution in [0.15, 0.2) is 42.5 Å². The Morgan fingerprint density at radius 3 is 2.59 bits per heavy atom. The van der Waals surface area contributed by atoms with E-state index in [-0.39, 0.29) is 18.3 Å². The standard InChI is InChI=1S/C18H20N2O.ClH/c21-18(20-10-8-19-9-11-20)17-12-16(17)15-7-3-5-13-4-1-2-6-14(13)15;/h1-7,16-17,19H,8-12H2;1H. The molecule has 1 N–H and O–H groups in total. The Balaban J connectivity index is 0.00000144. The quantitative estimate of drug-likeness (QED) is 0.924. The van der Waals surface area contributed by atoms with Crippen molar-refractivity contribution in [3.05, 3.63) is 48.0 Å². The molecule has 1 saturated heterocycles. The lowest BCUT2D eigenvalue weighted by atomic mass is 10.00. The first kappa shape index (κ1) is 15.3. The van der Waals surface area contributed by atoms with Crippen LogP contribution in [-0.4, -0.2) is 37.0 Å². The van der Waals surface area contributed by atoms with Crippen molar-refractivity contribution in [1.82, 2.24) is 10.2 Å². The molecule has 0 aromatic heterocycles. The molecule has 1 heterocycles. The monoisotopic (exact) mass is 316 g/mol. The molecule has 2 aliphatic rings. The summed E-state index contributed by atoms with van der Waals surface area (Å²) in [6.07, 6.45) is 1.01. The summed E-state index contributed by atoms with van der Waals surface area (Å²) in [5.41, 5.74) is 1.35. The molecule has 3 nitrogen and oxygen atoms in total. The Bertz CT molecular complexity index is 676. The number of fused-ring (bicyclic) bond motifs is 1. The van der Waals surface area contributed by atoms with E-state index in [1.807, 2.05) is 4.90 Å². The van der Waals surface area contributed by atoms with Crippen molar-refractivity contribution < 1.29 is 4.79 Å². The SMILES string of the molecule is Cl.O=C(C1CC1c1cccc2ccccc12)N1CCNCC1. The van der Waals surface area contributed by atoms with Gasteiger partial charge in [0.15, 0.2) is 0 Å². The molecular weight excluding hydrogens is 296 g/mol. The summed E-state index contributed by atoms with van der Waals surface area (Å²) in [7, 11) is 0. The van der Waals surface area contributed by atoms with Crippen molar-refractivity contribution in [3.8, 4) is 0 Å². The first-order chi connectivity index (χ1) is 10.3. The van der Waals surface area contributed by atoms with E-state index in [0.29, 0.717) is 11.8 Å². The molecule has 116 valence electrons. The van der Waals surface area contributed by atoms with Crippen LogP contribution >= 0.6 is 12.4 Å². The van der Waals surface area contributed by atoms with E-state index < -0.39 is 0 Å². The number of nitrogens with zero attached hydrogens (tertiary/aromatic N) is 1. The Kier molecular flexibility index (Phi) is 4.37. The Labute approximate surface area is 137 Å². The average Bonchev–Trinajstić information content (AvgIpc) is 3.35. The topological polar surface area (TPSA) is 32.3 Å². The van der Waals surface area contributed by atoms with Gasteiger partial charge in [0.25, 0.3) is 0 Å². The highest BCUT2D eigenvalue weighted by atomic mass is 35.5. The summed E-state index contributed by atoms with van der Waals surface area (Å²) in [5, 5.41) is 5.88. The molecule has 2 fully saturated rings. The van der Waals surface area contributed by atoms with Gasteiger partial charge in [-0.2, -0.15) is 0 Å². The van der Waals surface area contributed by atoms with Gasteiger partial charge >= 0.3 is 0 Å². The van der Waals surface area contributed by atoms with Crippen molar-refractivity contribution in [2.75, 3.05) is 26.2 Å². The first-order valence-corrected chi connectivity index (χ1v) is 7.82. The summed E-state index contributed by atoms with van der Waals surface area (Å²) < 4.78 is 0. The predicted molar refractivity (Wildman–Crippen MR) is 91.5 cm³/mol. The van der Waals surface area contributed by atoms with Crippen LogP contribution in [0.3, 0.4) is 0 Å². The third-order valence-corrected chi connectivity index (χ3v) is 4.76. The molecule has 2 aromatic carbocycles. The summed E-state index contributed by atoms with van der Waals surface area (Å²) in [6.45, 7) is 3.57. The minimum Gasteiger partial charge on any atom is -0.340 e. The fourth-order valence-electron chi connectivity index (χ4n) is 3.51. The number of hydrogen-bond acceptors (Lipinski definition) is 2. The second-order valence-electron chi connectivity index (χ2n) is 6.09. The molecule has 2 aromatic rings. The fraction of sp³-hybridized carbons (Fsp3) is 0.389. The third-order valence-electron chi connectivity index (χ3n) is 4.76. The highest BCUT2D eigenvalue weighted by Crippen LogP contribution is 2.50. The largest absolute Gasteiger partial charge is 0.340 e.